The third-order valence-electron chi connectivity index (χ3n) is 3.59. The van der Waals surface area contributed by atoms with E-state index in [0.717, 1.165) is 22.4 Å². The number of hydrogen-bond donors (Lipinski definition) is 0. The zero-order valence-corrected chi connectivity index (χ0v) is 12.7. The van der Waals surface area contributed by atoms with Crippen molar-refractivity contribution in [3.05, 3.63) is 81.9 Å². The highest BCUT2D eigenvalue weighted by Gasteiger charge is 2.07. The van der Waals surface area contributed by atoms with Crippen LogP contribution in [0, 0.1) is 13.8 Å². The Balaban J connectivity index is 2.03. The molecule has 3 aromatic rings. The molecule has 4 heteroatoms. The van der Waals surface area contributed by atoms with Crippen molar-refractivity contribution in [1.29, 1.82) is 0 Å². The van der Waals surface area contributed by atoms with Crippen LogP contribution in [-0.4, -0.2) is 14.8 Å². The van der Waals surface area contributed by atoms with Gasteiger partial charge in [-0.15, -0.1) is 0 Å². The largest absolute Gasteiger partial charge is 0.268 e. The van der Waals surface area contributed by atoms with Crippen molar-refractivity contribution >= 4 is 0 Å². The number of benzene rings is 1. The van der Waals surface area contributed by atoms with Gasteiger partial charge in [0.1, 0.15) is 0 Å². The Morgan fingerprint density at radius 2 is 1.95 bits per heavy atom. The SMILES string of the molecule is Cc1ccc(C)c(-c2ccc(=O)n(Cc3cccnc3)n2)c1. The number of aromatic nitrogens is 3. The van der Waals surface area contributed by atoms with E-state index in [1.807, 2.05) is 19.1 Å². The second kappa shape index (κ2) is 5.93. The summed E-state index contributed by atoms with van der Waals surface area (Å²) in [5.74, 6) is 0. The predicted molar refractivity (Wildman–Crippen MR) is 86.7 cm³/mol. The van der Waals surface area contributed by atoms with Gasteiger partial charge in [-0.25, -0.2) is 4.68 Å². The van der Waals surface area contributed by atoms with Crippen LogP contribution in [0.2, 0.25) is 0 Å². The summed E-state index contributed by atoms with van der Waals surface area (Å²) in [6.07, 6.45) is 3.46. The normalized spacial score (nSPS) is 10.6. The van der Waals surface area contributed by atoms with Crippen molar-refractivity contribution in [1.82, 2.24) is 14.8 Å². The molecule has 0 saturated carbocycles. The molecule has 0 amide bonds. The maximum atomic E-state index is 12.0. The van der Waals surface area contributed by atoms with E-state index < -0.39 is 0 Å². The van der Waals surface area contributed by atoms with Gasteiger partial charge in [0.25, 0.3) is 5.56 Å². The van der Waals surface area contributed by atoms with Gasteiger partial charge in [0.05, 0.1) is 12.2 Å². The van der Waals surface area contributed by atoms with Crippen LogP contribution in [0.3, 0.4) is 0 Å². The van der Waals surface area contributed by atoms with Gasteiger partial charge in [-0.1, -0.05) is 23.8 Å². The molecule has 110 valence electrons. The molecule has 2 aromatic heterocycles. The minimum atomic E-state index is -0.113. The van der Waals surface area contributed by atoms with Crippen LogP contribution in [0.1, 0.15) is 16.7 Å². The van der Waals surface area contributed by atoms with Gasteiger partial charge in [0, 0.05) is 24.0 Å². The first-order chi connectivity index (χ1) is 10.6. The van der Waals surface area contributed by atoms with Gasteiger partial charge in [0.15, 0.2) is 0 Å². The Morgan fingerprint density at radius 1 is 1.09 bits per heavy atom. The molecule has 0 aliphatic rings. The predicted octanol–water partition coefficient (Wildman–Crippen LogP) is 2.97. The van der Waals surface area contributed by atoms with Crippen LogP contribution in [0.25, 0.3) is 11.3 Å². The zero-order chi connectivity index (χ0) is 15.5. The van der Waals surface area contributed by atoms with Crippen molar-refractivity contribution in [3.8, 4) is 11.3 Å². The van der Waals surface area contributed by atoms with E-state index in [1.54, 1.807) is 24.5 Å². The highest BCUT2D eigenvalue weighted by molar-refractivity contribution is 5.63. The number of pyridine rings is 1. The van der Waals surface area contributed by atoms with Gasteiger partial charge >= 0.3 is 0 Å². The average molecular weight is 291 g/mol. The van der Waals surface area contributed by atoms with Crippen LogP contribution < -0.4 is 5.56 Å². The summed E-state index contributed by atoms with van der Waals surface area (Å²) in [6.45, 7) is 4.52. The monoisotopic (exact) mass is 291 g/mol. The van der Waals surface area contributed by atoms with Gasteiger partial charge in [-0.2, -0.15) is 5.10 Å². The minimum Gasteiger partial charge on any atom is -0.268 e. The summed E-state index contributed by atoms with van der Waals surface area (Å²) >= 11 is 0. The first-order valence-corrected chi connectivity index (χ1v) is 7.18. The average Bonchev–Trinajstić information content (AvgIpc) is 2.53. The number of rotatable bonds is 3. The molecule has 0 radical (unpaired) electrons. The molecule has 0 aliphatic carbocycles. The summed E-state index contributed by atoms with van der Waals surface area (Å²) in [5.41, 5.74) is 5.02. The molecule has 0 fully saturated rings. The van der Waals surface area contributed by atoms with Gasteiger partial charge in [0.2, 0.25) is 0 Å². The Morgan fingerprint density at radius 3 is 2.73 bits per heavy atom. The Hall–Kier alpha value is -2.75. The second-order valence-corrected chi connectivity index (χ2v) is 5.39. The summed E-state index contributed by atoms with van der Waals surface area (Å²) in [5, 5.41) is 4.52. The van der Waals surface area contributed by atoms with Crippen molar-refractivity contribution < 1.29 is 0 Å². The van der Waals surface area contributed by atoms with E-state index in [4.69, 9.17) is 0 Å². The fourth-order valence-corrected chi connectivity index (χ4v) is 2.38. The van der Waals surface area contributed by atoms with E-state index in [1.165, 1.54) is 10.2 Å². The van der Waals surface area contributed by atoms with Crippen molar-refractivity contribution in [2.75, 3.05) is 0 Å². The summed E-state index contributed by atoms with van der Waals surface area (Å²) in [4.78, 5) is 16.1. The minimum absolute atomic E-state index is 0.113. The molecule has 0 unspecified atom stereocenters. The van der Waals surface area contributed by atoms with Crippen LogP contribution in [0.15, 0.2) is 59.7 Å². The van der Waals surface area contributed by atoms with Crippen LogP contribution >= 0.6 is 0 Å². The smallest absolute Gasteiger partial charge is 0.267 e. The third-order valence-corrected chi connectivity index (χ3v) is 3.59. The molecule has 3 rings (SSSR count). The van der Waals surface area contributed by atoms with Gasteiger partial charge < -0.3 is 0 Å². The maximum absolute atomic E-state index is 12.0. The molecular weight excluding hydrogens is 274 g/mol. The standard InChI is InChI=1S/C18H17N3O/c1-13-5-6-14(2)16(10-13)17-7-8-18(22)21(20-17)12-15-4-3-9-19-11-15/h3-11H,12H2,1-2H3. The fourth-order valence-electron chi connectivity index (χ4n) is 2.38. The molecular formula is C18H17N3O. The Kier molecular flexibility index (Phi) is 3.83. The van der Waals surface area contributed by atoms with Crippen molar-refractivity contribution in [3.63, 3.8) is 0 Å². The van der Waals surface area contributed by atoms with E-state index in [-0.39, 0.29) is 5.56 Å². The van der Waals surface area contributed by atoms with Gasteiger partial charge in [-0.3, -0.25) is 9.78 Å². The molecule has 22 heavy (non-hydrogen) atoms. The molecule has 0 aliphatic heterocycles. The van der Waals surface area contributed by atoms with E-state index in [2.05, 4.69) is 35.2 Å². The molecule has 0 saturated heterocycles. The number of nitrogens with zero attached hydrogens (tertiary/aromatic N) is 3. The first kappa shape index (κ1) is 14.2. The lowest BCUT2D eigenvalue weighted by atomic mass is 10.0. The molecule has 4 nitrogen and oxygen atoms in total. The summed E-state index contributed by atoms with van der Waals surface area (Å²) < 4.78 is 1.48. The van der Waals surface area contributed by atoms with Gasteiger partial charge in [-0.05, 0) is 43.2 Å². The van der Waals surface area contributed by atoms with Crippen LogP contribution in [-0.2, 0) is 6.54 Å². The van der Waals surface area contributed by atoms with Crippen LogP contribution in [0.4, 0.5) is 0 Å². The van der Waals surface area contributed by atoms with E-state index in [9.17, 15) is 4.79 Å². The highest BCUT2D eigenvalue weighted by Crippen LogP contribution is 2.21. The lowest BCUT2D eigenvalue weighted by Gasteiger charge is -2.10. The molecule has 0 bridgehead atoms. The van der Waals surface area contributed by atoms with E-state index >= 15 is 0 Å². The number of hydrogen-bond acceptors (Lipinski definition) is 3. The molecule has 0 N–H and O–H groups in total. The fraction of sp³-hybridized carbons (Fsp3) is 0.167. The lowest BCUT2D eigenvalue weighted by molar-refractivity contribution is 0.641. The number of aryl methyl sites for hydroxylation is 2. The van der Waals surface area contributed by atoms with E-state index in [0.29, 0.717) is 6.54 Å². The molecule has 1 aromatic carbocycles. The second-order valence-electron chi connectivity index (χ2n) is 5.39. The molecule has 2 heterocycles. The van der Waals surface area contributed by atoms with Crippen LogP contribution in [0.5, 0.6) is 0 Å². The Bertz CT molecular complexity index is 854. The summed E-state index contributed by atoms with van der Waals surface area (Å²) in [7, 11) is 0. The van der Waals surface area contributed by atoms with Crippen molar-refractivity contribution in [2.45, 2.75) is 20.4 Å². The molecule has 0 atom stereocenters. The first-order valence-electron chi connectivity index (χ1n) is 7.18. The van der Waals surface area contributed by atoms with Crippen molar-refractivity contribution in [2.24, 2.45) is 0 Å². The highest BCUT2D eigenvalue weighted by atomic mass is 16.1. The summed E-state index contributed by atoms with van der Waals surface area (Å²) in [6, 6.07) is 13.4. The zero-order valence-electron chi connectivity index (χ0n) is 12.7. The molecule has 0 spiro atoms. The Labute approximate surface area is 129 Å². The third kappa shape index (κ3) is 2.96. The lowest BCUT2D eigenvalue weighted by Crippen LogP contribution is -2.23. The topological polar surface area (TPSA) is 47.8 Å². The maximum Gasteiger partial charge on any atom is 0.267 e. The quantitative estimate of drug-likeness (QED) is 0.745.